The van der Waals surface area contributed by atoms with Gasteiger partial charge < -0.3 is 5.32 Å². The molecule has 1 rings (SSSR count). The van der Waals surface area contributed by atoms with Crippen molar-refractivity contribution < 1.29 is 8.42 Å². The lowest BCUT2D eigenvalue weighted by molar-refractivity contribution is 0.476. The molecule has 6 heteroatoms. The van der Waals surface area contributed by atoms with E-state index in [9.17, 15) is 8.42 Å². The van der Waals surface area contributed by atoms with Crippen LogP contribution >= 0.6 is 0 Å². The minimum absolute atomic E-state index is 0.388. The van der Waals surface area contributed by atoms with Gasteiger partial charge in [-0.2, -0.15) is 5.26 Å². The smallest absolute Gasteiger partial charge is 0.209 e. The van der Waals surface area contributed by atoms with Crippen LogP contribution in [-0.4, -0.2) is 26.8 Å². The van der Waals surface area contributed by atoms with Gasteiger partial charge in [0.15, 0.2) is 0 Å². The summed E-state index contributed by atoms with van der Waals surface area (Å²) in [6, 6.07) is 9.17. The first-order valence-corrected chi connectivity index (χ1v) is 7.35. The predicted octanol–water partition coefficient (Wildman–Crippen LogP) is 1.30. The number of hydrogen-bond donors (Lipinski definition) is 2. The highest BCUT2D eigenvalue weighted by Crippen LogP contribution is 2.15. The van der Waals surface area contributed by atoms with E-state index in [4.69, 9.17) is 5.26 Å². The van der Waals surface area contributed by atoms with Gasteiger partial charge in [-0.05, 0) is 26.0 Å². The van der Waals surface area contributed by atoms with E-state index in [1.165, 1.54) is 0 Å². The molecule has 0 saturated carbocycles. The molecule has 0 aromatic heterocycles. The van der Waals surface area contributed by atoms with Crippen molar-refractivity contribution in [2.45, 2.75) is 19.4 Å². The minimum Gasteiger partial charge on any atom is -0.382 e. The number of nitrogens with zero attached hydrogens (tertiary/aromatic N) is 1. The lowest BCUT2D eigenvalue weighted by Crippen LogP contribution is -2.47. The standard InChI is InChI=1S/C12H17N3O2S/c1-12(2,15-18(3,16)17)9-14-11-7-5-4-6-10(11)8-13/h4-7,14-15H,9H2,1-3H3. The summed E-state index contributed by atoms with van der Waals surface area (Å²) in [5.74, 6) is 0. The summed E-state index contributed by atoms with van der Waals surface area (Å²) in [5.41, 5.74) is 0.604. The van der Waals surface area contributed by atoms with Gasteiger partial charge in [-0.15, -0.1) is 0 Å². The number of para-hydroxylation sites is 1. The van der Waals surface area contributed by atoms with E-state index in [0.29, 0.717) is 17.8 Å². The Balaban J connectivity index is 2.74. The Morgan fingerprint density at radius 2 is 1.94 bits per heavy atom. The molecule has 0 aliphatic rings. The molecule has 2 N–H and O–H groups in total. The van der Waals surface area contributed by atoms with Crippen LogP contribution in [0.25, 0.3) is 0 Å². The van der Waals surface area contributed by atoms with Gasteiger partial charge in [-0.3, -0.25) is 0 Å². The van der Waals surface area contributed by atoms with Crippen LogP contribution in [0.5, 0.6) is 0 Å². The molecule has 0 bridgehead atoms. The predicted molar refractivity (Wildman–Crippen MR) is 71.7 cm³/mol. The largest absolute Gasteiger partial charge is 0.382 e. The van der Waals surface area contributed by atoms with Gasteiger partial charge in [0.25, 0.3) is 0 Å². The van der Waals surface area contributed by atoms with Gasteiger partial charge in [0.2, 0.25) is 10.0 Å². The molecule has 0 amide bonds. The molecule has 0 saturated heterocycles. The second-order valence-electron chi connectivity index (χ2n) is 4.77. The fourth-order valence-corrected chi connectivity index (χ4v) is 2.66. The van der Waals surface area contributed by atoms with E-state index in [0.717, 1.165) is 6.26 Å². The number of anilines is 1. The maximum Gasteiger partial charge on any atom is 0.209 e. The average molecular weight is 267 g/mol. The van der Waals surface area contributed by atoms with Crippen LogP contribution in [0.15, 0.2) is 24.3 Å². The summed E-state index contributed by atoms with van der Waals surface area (Å²) >= 11 is 0. The van der Waals surface area contributed by atoms with E-state index >= 15 is 0 Å². The Morgan fingerprint density at radius 1 is 1.33 bits per heavy atom. The maximum atomic E-state index is 11.2. The average Bonchev–Trinajstić information content (AvgIpc) is 2.23. The molecule has 18 heavy (non-hydrogen) atoms. The third kappa shape index (κ3) is 4.73. The Kier molecular flexibility index (Phi) is 4.33. The van der Waals surface area contributed by atoms with Crippen molar-refractivity contribution >= 4 is 15.7 Å². The van der Waals surface area contributed by atoms with E-state index in [2.05, 4.69) is 16.1 Å². The zero-order valence-electron chi connectivity index (χ0n) is 10.7. The molecule has 0 atom stereocenters. The van der Waals surface area contributed by atoms with Crippen LogP contribution in [0.3, 0.4) is 0 Å². The summed E-state index contributed by atoms with van der Waals surface area (Å²) in [6.07, 6.45) is 1.12. The normalized spacial score (nSPS) is 11.9. The number of nitriles is 1. The second kappa shape index (κ2) is 5.38. The van der Waals surface area contributed by atoms with Crippen molar-refractivity contribution in [3.63, 3.8) is 0 Å². The quantitative estimate of drug-likeness (QED) is 0.842. The highest BCUT2D eigenvalue weighted by Gasteiger charge is 2.22. The summed E-state index contributed by atoms with van der Waals surface area (Å²) in [5, 5.41) is 12.0. The van der Waals surface area contributed by atoms with E-state index < -0.39 is 15.6 Å². The highest BCUT2D eigenvalue weighted by molar-refractivity contribution is 7.88. The Bertz CT molecular complexity index is 559. The summed E-state index contributed by atoms with van der Waals surface area (Å²) < 4.78 is 24.9. The van der Waals surface area contributed by atoms with E-state index in [1.54, 1.807) is 32.0 Å². The molecular formula is C12H17N3O2S. The van der Waals surface area contributed by atoms with Crippen LogP contribution < -0.4 is 10.0 Å². The molecule has 0 spiro atoms. The van der Waals surface area contributed by atoms with Crippen molar-refractivity contribution in [1.82, 2.24) is 4.72 Å². The zero-order valence-corrected chi connectivity index (χ0v) is 11.5. The second-order valence-corrected chi connectivity index (χ2v) is 6.52. The van der Waals surface area contributed by atoms with Gasteiger partial charge in [-0.25, -0.2) is 13.1 Å². The molecule has 1 aromatic carbocycles. The Labute approximate surface area is 108 Å². The fourth-order valence-electron chi connectivity index (χ4n) is 1.59. The Morgan fingerprint density at radius 3 is 2.50 bits per heavy atom. The summed E-state index contributed by atoms with van der Waals surface area (Å²) in [4.78, 5) is 0. The third-order valence-corrected chi connectivity index (χ3v) is 3.15. The van der Waals surface area contributed by atoms with Crippen LogP contribution in [0.4, 0.5) is 5.69 Å². The van der Waals surface area contributed by atoms with Gasteiger partial charge >= 0.3 is 0 Å². The van der Waals surface area contributed by atoms with Crippen LogP contribution in [0.1, 0.15) is 19.4 Å². The Hall–Kier alpha value is -1.58. The van der Waals surface area contributed by atoms with Crippen molar-refractivity contribution in [2.24, 2.45) is 0 Å². The van der Waals surface area contributed by atoms with Gasteiger partial charge in [-0.1, -0.05) is 12.1 Å². The minimum atomic E-state index is -3.26. The molecule has 5 nitrogen and oxygen atoms in total. The number of rotatable bonds is 5. The number of nitrogens with one attached hydrogen (secondary N) is 2. The first-order chi connectivity index (χ1) is 8.23. The molecule has 98 valence electrons. The molecule has 0 radical (unpaired) electrons. The lowest BCUT2D eigenvalue weighted by atomic mass is 10.1. The van der Waals surface area contributed by atoms with Crippen molar-refractivity contribution in [3.8, 4) is 6.07 Å². The molecule has 0 unspecified atom stereocenters. The summed E-state index contributed by atoms with van der Waals surface area (Å²) in [7, 11) is -3.26. The van der Waals surface area contributed by atoms with Crippen LogP contribution in [0.2, 0.25) is 0 Å². The van der Waals surface area contributed by atoms with Gasteiger partial charge in [0.1, 0.15) is 6.07 Å². The monoisotopic (exact) mass is 267 g/mol. The number of benzene rings is 1. The highest BCUT2D eigenvalue weighted by atomic mass is 32.2. The third-order valence-electron chi connectivity index (χ3n) is 2.23. The molecule has 0 fully saturated rings. The zero-order chi connectivity index (χ0) is 13.8. The SMILES string of the molecule is CC(C)(CNc1ccccc1C#N)NS(C)(=O)=O. The molecule has 0 aliphatic carbocycles. The van der Waals surface area contributed by atoms with Gasteiger partial charge in [0.05, 0.1) is 17.5 Å². The van der Waals surface area contributed by atoms with Crippen molar-refractivity contribution in [2.75, 3.05) is 18.1 Å². The maximum absolute atomic E-state index is 11.2. The lowest BCUT2D eigenvalue weighted by Gasteiger charge is -2.26. The van der Waals surface area contributed by atoms with Crippen LogP contribution in [-0.2, 0) is 10.0 Å². The number of hydrogen-bond acceptors (Lipinski definition) is 4. The van der Waals surface area contributed by atoms with Crippen LogP contribution in [0, 0.1) is 11.3 Å². The van der Waals surface area contributed by atoms with E-state index in [-0.39, 0.29) is 0 Å². The van der Waals surface area contributed by atoms with Crippen molar-refractivity contribution in [1.29, 1.82) is 5.26 Å². The molecular weight excluding hydrogens is 250 g/mol. The first kappa shape index (κ1) is 14.5. The fraction of sp³-hybridized carbons (Fsp3) is 0.417. The van der Waals surface area contributed by atoms with E-state index in [1.807, 2.05) is 6.07 Å². The van der Waals surface area contributed by atoms with Crippen molar-refractivity contribution in [3.05, 3.63) is 29.8 Å². The molecule has 0 aliphatic heterocycles. The first-order valence-electron chi connectivity index (χ1n) is 5.45. The molecule has 0 heterocycles. The topological polar surface area (TPSA) is 82.0 Å². The summed E-state index contributed by atoms with van der Waals surface area (Å²) in [6.45, 7) is 3.94. The number of sulfonamides is 1. The molecule has 1 aromatic rings. The van der Waals surface area contributed by atoms with Gasteiger partial charge in [0, 0.05) is 12.1 Å².